The van der Waals surface area contributed by atoms with Crippen molar-refractivity contribution in [3.05, 3.63) is 29.8 Å². The average Bonchev–Trinajstić information content (AvgIpc) is 3.28. The molecular formula is C19H26N2O4. The average molecular weight is 346 g/mol. The third kappa shape index (κ3) is 5.59. The Morgan fingerprint density at radius 3 is 2.52 bits per heavy atom. The number of benzene rings is 1. The van der Waals surface area contributed by atoms with Gasteiger partial charge in [-0.05, 0) is 42.9 Å². The molecule has 0 spiro atoms. The van der Waals surface area contributed by atoms with Crippen LogP contribution in [0.2, 0.25) is 0 Å². The SMILES string of the molecule is CC(C)CC(CNC(=O)c1cccc(NC(=O)C2CC2C)c1)C(=O)O. The molecule has 1 aromatic carbocycles. The molecule has 0 aromatic heterocycles. The van der Waals surface area contributed by atoms with Gasteiger partial charge in [-0.3, -0.25) is 14.4 Å². The first-order valence-corrected chi connectivity index (χ1v) is 8.69. The van der Waals surface area contributed by atoms with Gasteiger partial charge >= 0.3 is 5.97 Å². The highest BCUT2D eigenvalue weighted by Crippen LogP contribution is 2.38. The largest absolute Gasteiger partial charge is 0.481 e. The van der Waals surface area contributed by atoms with E-state index in [1.165, 1.54) is 0 Å². The minimum atomic E-state index is -0.909. The Bertz CT molecular complexity index is 657. The second-order valence-corrected chi connectivity index (χ2v) is 7.26. The zero-order chi connectivity index (χ0) is 18.6. The molecule has 3 N–H and O–H groups in total. The number of carbonyl (C=O) groups excluding carboxylic acids is 2. The molecule has 0 bridgehead atoms. The number of rotatable bonds is 8. The van der Waals surface area contributed by atoms with E-state index in [0.717, 1.165) is 6.42 Å². The van der Waals surface area contributed by atoms with Crippen molar-refractivity contribution in [1.82, 2.24) is 5.32 Å². The second-order valence-electron chi connectivity index (χ2n) is 7.26. The van der Waals surface area contributed by atoms with Crippen LogP contribution in [-0.2, 0) is 9.59 Å². The van der Waals surface area contributed by atoms with Gasteiger partial charge in [0.1, 0.15) is 0 Å². The standard InChI is InChI=1S/C19H26N2O4/c1-11(2)7-14(19(24)25)10-20-17(22)13-5-4-6-15(9-13)21-18(23)16-8-12(16)3/h4-6,9,11-12,14,16H,7-8,10H2,1-3H3,(H,20,22)(H,21,23)(H,24,25). The van der Waals surface area contributed by atoms with Crippen LogP contribution in [0.15, 0.2) is 24.3 Å². The van der Waals surface area contributed by atoms with Crippen molar-refractivity contribution in [1.29, 1.82) is 0 Å². The van der Waals surface area contributed by atoms with Crippen LogP contribution in [0.3, 0.4) is 0 Å². The van der Waals surface area contributed by atoms with E-state index in [9.17, 15) is 19.5 Å². The molecule has 1 aliphatic carbocycles. The summed E-state index contributed by atoms with van der Waals surface area (Å²) in [5, 5.41) is 14.7. The number of carboxylic acid groups (broad SMARTS) is 1. The summed E-state index contributed by atoms with van der Waals surface area (Å²) in [4.78, 5) is 35.5. The molecule has 1 aromatic rings. The molecule has 6 heteroatoms. The molecule has 1 saturated carbocycles. The summed E-state index contributed by atoms with van der Waals surface area (Å²) in [5.41, 5.74) is 0.976. The van der Waals surface area contributed by atoms with Gasteiger partial charge in [0, 0.05) is 23.7 Å². The van der Waals surface area contributed by atoms with Crippen molar-refractivity contribution in [3.63, 3.8) is 0 Å². The van der Waals surface area contributed by atoms with Crippen LogP contribution < -0.4 is 10.6 Å². The third-order valence-electron chi connectivity index (χ3n) is 4.45. The van der Waals surface area contributed by atoms with Gasteiger partial charge in [0.2, 0.25) is 5.91 Å². The monoisotopic (exact) mass is 346 g/mol. The van der Waals surface area contributed by atoms with Crippen molar-refractivity contribution in [2.75, 3.05) is 11.9 Å². The normalized spacial score (nSPS) is 20.0. The predicted octanol–water partition coefficient (Wildman–Crippen LogP) is 2.76. The Hall–Kier alpha value is -2.37. The van der Waals surface area contributed by atoms with Crippen molar-refractivity contribution in [3.8, 4) is 0 Å². The maximum atomic E-state index is 12.3. The van der Waals surface area contributed by atoms with E-state index in [-0.39, 0.29) is 30.2 Å². The van der Waals surface area contributed by atoms with Gasteiger partial charge in [0.15, 0.2) is 0 Å². The summed E-state index contributed by atoms with van der Waals surface area (Å²) in [6, 6.07) is 6.69. The zero-order valence-corrected chi connectivity index (χ0v) is 14.9. The number of carboxylic acids is 1. The van der Waals surface area contributed by atoms with Crippen LogP contribution in [0.5, 0.6) is 0 Å². The van der Waals surface area contributed by atoms with Gasteiger partial charge in [-0.15, -0.1) is 0 Å². The summed E-state index contributed by atoms with van der Waals surface area (Å²) >= 11 is 0. The Balaban J connectivity index is 1.93. The minimum Gasteiger partial charge on any atom is -0.481 e. The molecule has 0 aliphatic heterocycles. The predicted molar refractivity (Wildman–Crippen MR) is 95.3 cm³/mol. The quantitative estimate of drug-likeness (QED) is 0.674. The fourth-order valence-corrected chi connectivity index (χ4v) is 2.82. The number of hydrogen-bond acceptors (Lipinski definition) is 3. The van der Waals surface area contributed by atoms with E-state index in [1.54, 1.807) is 24.3 Å². The number of hydrogen-bond donors (Lipinski definition) is 3. The first kappa shape index (κ1) is 19.0. The topological polar surface area (TPSA) is 95.5 Å². The summed E-state index contributed by atoms with van der Waals surface area (Å²) in [7, 11) is 0. The number of carbonyl (C=O) groups is 3. The lowest BCUT2D eigenvalue weighted by Gasteiger charge is -2.15. The first-order chi connectivity index (χ1) is 11.8. The summed E-state index contributed by atoms with van der Waals surface area (Å²) in [6.07, 6.45) is 1.41. The molecule has 25 heavy (non-hydrogen) atoms. The molecule has 6 nitrogen and oxygen atoms in total. The lowest BCUT2D eigenvalue weighted by atomic mass is 9.97. The smallest absolute Gasteiger partial charge is 0.308 e. The highest BCUT2D eigenvalue weighted by molar-refractivity contribution is 5.98. The Morgan fingerprint density at radius 1 is 1.28 bits per heavy atom. The van der Waals surface area contributed by atoms with Gasteiger partial charge in [0.05, 0.1) is 5.92 Å². The fourth-order valence-electron chi connectivity index (χ4n) is 2.82. The van der Waals surface area contributed by atoms with Crippen LogP contribution in [0.4, 0.5) is 5.69 Å². The minimum absolute atomic E-state index is 0.0204. The van der Waals surface area contributed by atoms with Gasteiger partial charge in [0.25, 0.3) is 5.91 Å². The molecule has 0 saturated heterocycles. The lowest BCUT2D eigenvalue weighted by Crippen LogP contribution is -2.33. The van der Waals surface area contributed by atoms with E-state index >= 15 is 0 Å². The van der Waals surface area contributed by atoms with Crippen LogP contribution >= 0.6 is 0 Å². The Kier molecular flexibility index (Phi) is 6.17. The number of nitrogens with one attached hydrogen (secondary N) is 2. The molecule has 2 amide bonds. The van der Waals surface area contributed by atoms with Gasteiger partial charge in [-0.25, -0.2) is 0 Å². The number of anilines is 1. The molecule has 0 radical (unpaired) electrons. The van der Waals surface area contributed by atoms with Crippen molar-refractivity contribution in [2.24, 2.45) is 23.7 Å². The lowest BCUT2D eigenvalue weighted by molar-refractivity contribution is -0.142. The molecular weight excluding hydrogens is 320 g/mol. The molecule has 136 valence electrons. The number of amides is 2. The molecule has 0 heterocycles. The summed E-state index contributed by atoms with van der Waals surface area (Å²) < 4.78 is 0. The molecule has 1 fully saturated rings. The van der Waals surface area contributed by atoms with E-state index in [4.69, 9.17) is 0 Å². The maximum absolute atomic E-state index is 12.3. The van der Waals surface area contributed by atoms with Crippen LogP contribution in [0, 0.1) is 23.7 Å². The van der Waals surface area contributed by atoms with Gasteiger partial charge in [-0.2, -0.15) is 0 Å². The van der Waals surface area contributed by atoms with E-state index in [1.807, 2.05) is 20.8 Å². The van der Waals surface area contributed by atoms with Crippen LogP contribution in [0.1, 0.15) is 44.0 Å². The first-order valence-electron chi connectivity index (χ1n) is 8.69. The van der Waals surface area contributed by atoms with Crippen molar-refractivity contribution in [2.45, 2.75) is 33.6 Å². The van der Waals surface area contributed by atoms with Crippen molar-refractivity contribution >= 4 is 23.5 Å². The van der Waals surface area contributed by atoms with Gasteiger partial charge in [-0.1, -0.05) is 26.8 Å². The third-order valence-corrected chi connectivity index (χ3v) is 4.45. The van der Waals surface area contributed by atoms with E-state index in [2.05, 4.69) is 10.6 Å². The number of aliphatic carboxylic acids is 1. The summed E-state index contributed by atoms with van der Waals surface area (Å²) in [5.74, 6) is -1.16. The maximum Gasteiger partial charge on any atom is 0.308 e. The fraction of sp³-hybridized carbons (Fsp3) is 0.526. The highest BCUT2D eigenvalue weighted by Gasteiger charge is 2.39. The Labute approximate surface area is 148 Å². The van der Waals surface area contributed by atoms with E-state index < -0.39 is 11.9 Å². The zero-order valence-electron chi connectivity index (χ0n) is 14.9. The molecule has 3 unspecified atom stereocenters. The highest BCUT2D eigenvalue weighted by atomic mass is 16.4. The molecule has 1 aliphatic rings. The van der Waals surface area contributed by atoms with Crippen LogP contribution in [0.25, 0.3) is 0 Å². The summed E-state index contributed by atoms with van der Waals surface area (Å²) in [6.45, 7) is 6.02. The van der Waals surface area contributed by atoms with Crippen LogP contribution in [-0.4, -0.2) is 29.4 Å². The van der Waals surface area contributed by atoms with Gasteiger partial charge < -0.3 is 15.7 Å². The van der Waals surface area contributed by atoms with E-state index in [0.29, 0.717) is 23.6 Å². The Morgan fingerprint density at radius 2 is 1.96 bits per heavy atom. The molecule has 2 rings (SSSR count). The molecule has 3 atom stereocenters. The second kappa shape index (κ2) is 8.14. The van der Waals surface area contributed by atoms with Crippen molar-refractivity contribution < 1.29 is 19.5 Å².